The van der Waals surface area contributed by atoms with E-state index in [0.717, 1.165) is 22.3 Å². The number of rotatable bonds is 2. The van der Waals surface area contributed by atoms with Gasteiger partial charge in [0.25, 0.3) is 0 Å². The standard InChI is InChI=1S/C20H17NO/c1-4-8-18-13(5-2)14-11-12-17-19(20(14)22-18)15-9-6-7-10-16(15)21(17)3/h4-12H,2H2,1,3H3/b8-4-. The van der Waals surface area contributed by atoms with E-state index in [1.165, 1.54) is 21.8 Å². The lowest BCUT2D eigenvalue weighted by atomic mass is 10.1. The molecule has 0 unspecified atom stereocenters. The van der Waals surface area contributed by atoms with E-state index in [1.807, 2.05) is 25.2 Å². The van der Waals surface area contributed by atoms with Gasteiger partial charge in [0.05, 0.1) is 10.9 Å². The quantitative estimate of drug-likeness (QED) is 0.459. The molecule has 0 amide bonds. The zero-order valence-corrected chi connectivity index (χ0v) is 12.8. The Kier molecular flexibility index (Phi) is 2.73. The molecule has 2 heterocycles. The smallest absolute Gasteiger partial charge is 0.145 e. The van der Waals surface area contributed by atoms with Crippen LogP contribution in [0.5, 0.6) is 0 Å². The second kappa shape index (κ2) is 4.63. The molecule has 2 aromatic carbocycles. The first-order valence-electron chi connectivity index (χ1n) is 7.44. The molecule has 0 radical (unpaired) electrons. The highest BCUT2D eigenvalue weighted by Crippen LogP contribution is 2.38. The van der Waals surface area contributed by atoms with E-state index >= 15 is 0 Å². The van der Waals surface area contributed by atoms with Crippen LogP contribution in [-0.4, -0.2) is 4.57 Å². The van der Waals surface area contributed by atoms with Gasteiger partial charge < -0.3 is 8.98 Å². The molecular weight excluding hydrogens is 270 g/mol. The van der Waals surface area contributed by atoms with Gasteiger partial charge in [-0.2, -0.15) is 0 Å². The van der Waals surface area contributed by atoms with Crippen molar-refractivity contribution in [2.75, 3.05) is 0 Å². The lowest BCUT2D eigenvalue weighted by Gasteiger charge is -1.97. The van der Waals surface area contributed by atoms with Gasteiger partial charge in [0.1, 0.15) is 11.3 Å². The maximum atomic E-state index is 6.19. The minimum absolute atomic E-state index is 0.868. The van der Waals surface area contributed by atoms with Crippen LogP contribution in [0.4, 0.5) is 0 Å². The van der Waals surface area contributed by atoms with Crippen molar-refractivity contribution in [1.29, 1.82) is 0 Å². The lowest BCUT2D eigenvalue weighted by molar-refractivity contribution is 0.606. The monoisotopic (exact) mass is 287 g/mol. The predicted molar refractivity (Wildman–Crippen MR) is 95.0 cm³/mol. The van der Waals surface area contributed by atoms with Gasteiger partial charge in [-0.25, -0.2) is 0 Å². The third-order valence-corrected chi connectivity index (χ3v) is 4.32. The largest absolute Gasteiger partial charge is 0.455 e. The molecule has 2 heteroatoms. The molecule has 0 spiro atoms. The molecule has 0 N–H and O–H groups in total. The molecule has 4 rings (SSSR count). The minimum atomic E-state index is 0.868. The number of fused-ring (bicyclic) bond motifs is 5. The Morgan fingerprint density at radius 2 is 1.86 bits per heavy atom. The van der Waals surface area contributed by atoms with Crippen molar-refractivity contribution in [3.63, 3.8) is 0 Å². The molecule has 108 valence electrons. The molecule has 2 aromatic heterocycles. The Morgan fingerprint density at radius 1 is 1.05 bits per heavy atom. The first kappa shape index (κ1) is 13.0. The van der Waals surface area contributed by atoms with Gasteiger partial charge in [-0.1, -0.05) is 36.9 Å². The summed E-state index contributed by atoms with van der Waals surface area (Å²) in [4.78, 5) is 0. The van der Waals surface area contributed by atoms with Gasteiger partial charge in [0.2, 0.25) is 0 Å². The van der Waals surface area contributed by atoms with Crippen LogP contribution in [0.15, 0.2) is 53.5 Å². The topological polar surface area (TPSA) is 18.1 Å². The van der Waals surface area contributed by atoms with Gasteiger partial charge in [-0.15, -0.1) is 0 Å². The Hall–Kier alpha value is -2.74. The van der Waals surface area contributed by atoms with Crippen LogP contribution in [0.3, 0.4) is 0 Å². The first-order valence-corrected chi connectivity index (χ1v) is 7.44. The van der Waals surface area contributed by atoms with E-state index in [4.69, 9.17) is 4.42 Å². The lowest BCUT2D eigenvalue weighted by Crippen LogP contribution is -1.85. The predicted octanol–water partition coefficient (Wildman–Crippen LogP) is 5.75. The summed E-state index contributed by atoms with van der Waals surface area (Å²) in [6.45, 7) is 5.94. The van der Waals surface area contributed by atoms with Crippen LogP contribution in [0.1, 0.15) is 18.2 Å². The van der Waals surface area contributed by atoms with Crippen molar-refractivity contribution in [1.82, 2.24) is 4.57 Å². The van der Waals surface area contributed by atoms with Gasteiger partial charge in [0, 0.05) is 28.9 Å². The summed E-state index contributed by atoms with van der Waals surface area (Å²) in [6, 6.07) is 12.7. The highest BCUT2D eigenvalue weighted by atomic mass is 16.3. The second-order valence-corrected chi connectivity index (χ2v) is 5.50. The Bertz CT molecular complexity index is 1060. The van der Waals surface area contributed by atoms with E-state index < -0.39 is 0 Å². The van der Waals surface area contributed by atoms with Crippen molar-refractivity contribution in [3.05, 3.63) is 60.4 Å². The molecule has 22 heavy (non-hydrogen) atoms. The number of furan rings is 1. The van der Waals surface area contributed by atoms with Crippen LogP contribution >= 0.6 is 0 Å². The Morgan fingerprint density at radius 3 is 2.64 bits per heavy atom. The van der Waals surface area contributed by atoms with Gasteiger partial charge in [-0.3, -0.25) is 0 Å². The number of benzene rings is 2. The van der Waals surface area contributed by atoms with E-state index in [2.05, 4.69) is 54.6 Å². The van der Waals surface area contributed by atoms with Crippen molar-refractivity contribution in [2.45, 2.75) is 6.92 Å². The number of hydrogen-bond acceptors (Lipinski definition) is 1. The van der Waals surface area contributed by atoms with Crippen LogP contribution in [-0.2, 0) is 7.05 Å². The number of aromatic nitrogens is 1. The number of hydrogen-bond donors (Lipinski definition) is 0. The van der Waals surface area contributed by atoms with Crippen molar-refractivity contribution >= 4 is 44.9 Å². The zero-order valence-electron chi connectivity index (χ0n) is 12.8. The van der Waals surface area contributed by atoms with Crippen LogP contribution in [0, 0.1) is 0 Å². The third-order valence-electron chi connectivity index (χ3n) is 4.32. The minimum Gasteiger partial charge on any atom is -0.455 e. The number of para-hydroxylation sites is 1. The summed E-state index contributed by atoms with van der Waals surface area (Å²) in [7, 11) is 2.10. The van der Waals surface area contributed by atoms with E-state index in [1.54, 1.807) is 0 Å². The third kappa shape index (κ3) is 1.55. The number of aryl methyl sites for hydroxylation is 1. The molecule has 4 aromatic rings. The molecule has 2 nitrogen and oxygen atoms in total. The van der Waals surface area contributed by atoms with Gasteiger partial charge in [-0.05, 0) is 31.2 Å². The van der Waals surface area contributed by atoms with Crippen LogP contribution < -0.4 is 0 Å². The molecule has 0 saturated heterocycles. The molecule has 0 atom stereocenters. The average Bonchev–Trinajstić information content (AvgIpc) is 3.04. The second-order valence-electron chi connectivity index (χ2n) is 5.50. The highest BCUT2D eigenvalue weighted by molar-refractivity contribution is 6.20. The summed E-state index contributed by atoms with van der Waals surface area (Å²) in [6.07, 6.45) is 5.86. The summed E-state index contributed by atoms with van der Waals surface area (Å²) in [5, 5.41) is 3.52. The maximum absolute atomic E-state index is 6.19. The van der Waals surface area contributed by atoms with E-state index in [0.29, 0.717) is 0 Å². The highest BCUT2D eigenvalue weighted by Gasteiger charge is 2.17. The van der Waals surface area contributed by atoms with Gasteiger partial charge >= 0.3 is 0 Å². The maximum Gasteiger partial charge on any atom is 0.145 e. The average molecular weight is 287 g/mol. The van der Waals surface area contributed by atoms with E-state index in [-0.39, 0.29) is 0 Å². The number of allylic oxidation sites excluding steroid dienone is 1. The zero-order chi connectivity index (χ0) is 15.3. The molecule has 0 aliphatic carbocycles. The fourth-order valence-corrected chi connectivity index (χ4v) is 3.32. The summed E-state index contributed by atoms with van der Waals surface area (Å²) >= 11 is 0. The van der Waals surface area contributed by atoms with E-state index in [9.17, 15) is 0 Å². The van der Waals surface area contributed by atoms with Gasteiger partial charge in [0.15, 0.2) is 0 Å². The SMILES string of the molecule is C=Cc1c(/C=C\C)oc2c1ccc1c2c2ccccc2n1C. The fraction of sp³-hybridized carbons (Fsp3) is 0.100. The van der Waals surface area contributed by atoms with Crippen molar-refractivity contribution in [2.24, 2.45) is 7.05 Å². The fourth-order valence-electron chi connectivity index (χ4n) is 3.32. The normalized spacial score (nSPS) is 12.1. The first-order chi connectivity index (χ1) is 10.8. The summed E-state index contributed by atoms with van der Waals surface area (Å²) in [5.41, 5.74) is 4.40. The molecule has 0 aliphatic rings. The summed E-state index contributed by atoms with van der Waals surface area (Å²) in [5.74, 6) is 0.868. The van der Waals surface area contributed by atoms with Crippen LogP contribution in [0.25, 0.3) is 44.9 Å². The Balaban J connectivity index is 2.28. The molecule has 0 fully saturated rings. The number of nitrogens with zero attached hydrogens (tertiary/aromatic N) is 1. The molecular formula is C20H17NO. The van der Waals surface area contributed by atoms with Crippen molar-refractivity contribution < 1.29 is 4.42 Å². The van der Waals surface area contributed by atoms with Crippen molar-refractivity contribution in [3.8, 4) is 0 Å². The molecule has 0 bridgehead atoms. The molecule has 0 aliphatic heterocycles. The Labute approximate surface area is 129 Å². The van der Waals surface area contributed by atoms with Crippen LogP contribution in [0.2, 0.25) is 0 Å². The molecule has 0 saturated carbocycles. The summed E-state index contributed by atoms with van der Waals surface area (Å²) < 4.78 is 8.41.